The molecule has 0 aliphatic carbocycles. The lowest BCUT2D eigenvalue weighted by Crippen LogP contribution is -2.47. The smallest absolute Gasteiger partial charge is 0.316 e. The highest BCUT2D eigenvalue weighted by molar-refractivity contribution is 7.32. The molecule has 0 spiro atoms. The number of rotatable bonds is 19. The fourth-order valence-corrected chi connectivity index (χ4v) is 3.47. The predicted molar refractivity (Wildman–Crippen MR) is 108 cm³/mol. The van der Waals surface area contributed by atoms with E-state index in [1.807, 2.05) is 0 Å². The molecular weight excluding hydrogens is 353 g/mol. The van der Waals surface area contributed by atoms with E-state index < -0.39 is 26.5 Å². The lowest BCUT2D eigenvalue weighted by molar-refractivity contribution is -0.0171. The van der Waals surface area contributed by atoms with Gasteiger partial charge in [0.2, 0.25) is 0 Å². The summed E-state index contributed by atoms with van der Waals surface area (Å²) in [5.41, 5.74) is 0. The molecule has 1 unspecified atom stereocenters. The molecule has 0 saturated heterocycles. The molecule has 0 aromatic rings. The highest BCUT2D eigenvalue weighted by atomic mass is 31.1. The van der Waals surface area contributed by atoms with Crippen molar-refractivity contribution < 1.29 is 24.2 Å². The topological polar surface area (TPSA) is 99.0 Å². The summed E-state index contributed by atoms with van der Waals surface area (Å²) < 4.78 is 15.3. The summed E-state index contributed by atoms with van der Waals surface area (Å²) in [6, 6.07) is -0.552. The molecule has 0 aromatic heterocycles. The molecule has 0 radical (unpaired) electrons. The molecule has 4 N–H and O–H groups in total. The first kappa shape index (κ1) is 26.0. The second-order valence-electron chi connectivity index (χ2n) is 7.21. The van der Waals surface area contributed by atoms with E-state index in [0.717, 1.165) is 12.8 Å². The van der Waals surface area contributed by atoms with E-state index in [2.05, 4.69) is 16.8 Å². The Labute approximate surface area is 160 Å². The quantitative estimate of drug-likeness (QED) is 0.196. The van der Waals surface area contributed by atoms with Gasteiger partial charge in [0.25, 0.3) is 0 Å². The molecule has 26 heavy (non-hydrogen) atoms. The van der Waals surface area contributed by atoms with Crippen molar-refractivity contribution in [1.29, 1.82) is 0 Å². The standard InChI is InChI=1S/C19H42NO5P/c1-3-4-5-6-7-8-9-10-11-12-13-14-15-18(21)19(22)17(20-2)16-25-26(23)24/h17-22,26H,3-16H2,1-2H3,(H,23,24)/t17-,18+,19-/m0/s1. The van der Waals surface area contributed by atoms with Crippen molar-refractivity contribution in [3.8, 4) is 0 Å². The second kappa shape index (κ2) is 18.4. The minimum atomic E-state index is -3.02. The third-order valence-corrected chi connectivity index (χ3v) is 5.33. The van der Waals surface area contributed by atoms with Gasteiger partial charge in [-0.2, -0.15) is 0 Å². The third kappa shape index (κ3) is 15.1. The SMILES string of the molecule is CCCCCCCCCCCCCC[C@@H](O)[C@@H](O)[C@H](CO[PH](=O)O)NC. The van der Waals surface area contributed by atoms with Crippen molar-refractivity contribution in [1.82, 2.24) is 5.32 Å². The van der Waals surface area contributed by atoms with Crippen LogP contribution in [0.15, 0.2) is 0 Å². The summed E-state index contributed by atoms with van der Waals surface area (Å²) in [6.45, 7) is 2.15. The molecule has 0 amide bonds. The van der Waals surface area contributed by atoms with Crippen molar-refractivity contribution in [2.24, 2.45) is 0 Å². The Kier molecular flexibility index (Phi) is 18.4. The Hall–Kier alpha value is 0.0300. The number of nitrogens with one attached hydrogen (secondary N) is 1. The van der Waals surface area contributed by atoms with Crippen LogP contribution in [0.2, 0.25) is 0 Å². The van der Waals surface area contributed by atoms with Crippen LogP contribution < -0.4 is 5.32 Å². The van der Waals surface area contributed by atoms with Crippen LogP contribution in [0, 0.1) is 0 Å². The summed E-state index contributed by atoms with van der Waals surface area (Å²) >= 11 is 0. The van der Waals surface area contributed by atoms with Crippen molar-refractivity contribution in [2.45, 2.75) is 109 Å². The molecule has 0 saturated carbocycles. The minimum Gasteiger partial charge on any atom is -0.390 e. The molecule has 0 rings (SSSR count). The van der Waals surface area contributed by atoms with Gasteiger partial charge in [0.15, 0.2) is 0 Å². The zero-order chi connectivity index (χ0) is 19.6. The van der Waals surface area contributed by atoms with Crippen molar-refractivity contribution in [2.75, 3.05) is 13.7 Å². The van der Waals surface area contributed by atoms with Gasteiger partial charge in [0.1, 0.15) is 0 Å². The largest absolute Gasteiger partial charge is 0.390 e. The summed E-state index contributed by atoms with van der Waals surface area (Å²) in [5, 5.41) is 23.0. The number of aliphatic hydroxyl groups excluding tert-OH is 2. The van der Waals surface area contributed by atoms with E-state index in [0.29, 0.717) is 6.42 Å². The van der Waals surface area contributed by atoms with Crippen molar-refractivity contribution in [3.63, 3.8) is 0 Å². The molecule has 4 atom stereocenters. The molecule has 158 valence electrons. The molecule has 0 heterocycles. The average Bonchev–Trinajstić information content (AvgIpc) is 2.62. The zero-order valence-electron chi connectivity index (χ0n) is 16.8. The summed E-state index contributed by atoms with van der Waals surface area (Å²) in [5.74, 6) is 0. The first-order valence-electron chi connectivity index (χ1n) is 10.4. The van der Waals surface area contributed by atoms with Crippen LogP contribution in [-0.4, -0.2) is 47.0 Å². The van der Waals surface area contributed by atoms with Crippen LogP contribution in [0.25, 0.3) is 0 Å². The van der Waals surface area contributed by atoms with Gasteiger partial charge in [0, 0.05) is 0 Å². The summed E-state index contributed by atoms with van der Waals surface area (Å²) in [6.07, 6.45) is 13.8. The number of unbranched alkanes of at least 4 members (excludes halogenated alkanes) is 11. The van der Waals surface area contributed by atoms with E-state index in [1.165, 1.54) is 64.2 Å². The maximum atomic E-state index is 10.6. The van der Waals surface area contributed by atoms with Gasteiger partial charge in [-0.3, -0.25) is 4.57 Å². The lowest BCUT2D eigenvalue weighted by Gasteiger charge is -2.26. The lowest BCUT2D eigenvalue weighted by atomic mass is 9.99. The van der Waals surface area contributed by atoms with Gasteiger partial charge in [-0.25, -0.2) is 0 Å². The molecule has 0 aromatic carbocycles. The number of aliphatic hydroxyl groups is 2. The fourth-order valence-electron chi connectivity index (χ4n) is 3.15. The van der Waals surface area contributed by atoms with E-state index in [9.17, 15) is 14.8 Å². The van der Waals surface area contributed by atoms with Crippen LogP contribution in [0.3, 0.4) is 0 Å². The molecule has 0 fully saturated rings. The highest BCUT2D eigenvalue weighted by Gasteiger charge is 2.25. The molecule has 0 bridgehead atoms. The van der Waals surface area contributed by atoms with Crippen LogP contribution in [0.1, 0.15) is 90.4 Å². The van der Waals surface area contributed by atoms with Crippen LogP contribution >= 0.6 is 8.25 Å². The summed E-state index contributed by atoms with van der Waals surface area (Å²) in [4.78, 5) is 8.70. The number of hydrogen-bond acceptors (Lipinski definition) is 5. The number of likely N-dealkylation sites (N-methyl/N-ethyl adjacent to an activating group) is 1. The van der Waals surface area contributed by atoms with Crippen LogP contribution in [0.5, 0.6) is 0 Å². The second-order valence-corrected chi connectivity index (χ2v) is 8.03. The van der Waals surface area contributed by atoms with E-state index in [1.54, 1.807) is 7.05 Å². The maximum Gasteiger partial charge on any atom is 0.316 e. The molecule has 0 aliphatic rings. The maximum absolute atomic E-state index is 10.6. The Morgan fingerprint density at radius 3 is 1.77 bits per heavy atom. The Morgan fingerprint density at radius 1 is 0.885 bits per heavy atom. The Balaban J connectivity index is 3.57. The van der Waals surface area contributed by atoms with Gasteiger partial charge in [-0.15, -0.1) is 0 Å². The van der Waals surface area contributed by atoms with Crippen LogP contribution in [-0.2, 0) is 9.09 Å². The van der Waals surface area contributed by atoms with Gasteiger partial charge in [-0.1, -0.05) is 84.0 Å². The predicted octanol–water partition coefficient (Wildman–Crippen LogP) is 3.79. The number of hydrogen-bond donors (Lipinski definition) is 4. The van der Waals surface area contributed by atoms with Crippen molar-refractivity contribution >= 4 is 8.25 Å². The van der Waals surface area contributed by atoms with E-state index >= 15 is 0 Å². The molecule has 0 aliphatic heterocycles. The van der Waals surface area contributed by atoms with E-state index in [4.69, 9.17) is 4.89 Å². The molecule has 6 nitrogen and oxygen atoms in total. The summed E-state index contributed by atoms with van der Waals surface area (Å²) in [7, 11) is -1.39. The first-order valence-corrected chi connectivity index (χ1v) is 11.7. The first-order chi connectivity index (χ1) is 12.5. The minimum absolute atomic E-state index is 0.0958. The zero-order valence-corrected chi connectivity index (χ0v) is 17.8. The Morgan fingerprint density at radius 2 is 1.35 bits per heavy atom. The van der Waals surface area contributed by atoms with Gasteiger partial charge < -0.3 is 24.9 Å². The monoisotopic (exact) mass is 395 g/mol. The normalized spacial score (nSPS) is 16.3. The Bertz CT molecular complexity index is 333. The van der Waals surface area contributed by atoms with Gasteiger partial charge in [0.05, 0.1) is 24.9 Å². The molecule has 7 heteroatoms. The van der Waals surface area contributed by atoms with Crippen molar-refractivity contribution in [3.05, 3.63) is 0 Å². The fraction of sp³-hybridized carbons (Fsp3) is 1.00. The van der Waals surface area contributed by atoms with E-state index in [-0.39, 0.29) is 6.61 Å². The third-order valence-electron chi connectivity index (χ3n) is 4.92. The average molecular weight is 396 g/mol. The van der Waals surface area contributed by atoms with Gasteiger partial charge in [-0.05, 0) is 13.5 Å². The molecular formula is C19H42NO5P. The van der Waals surface area contributed by atoms with Gasteiger partial charge >= 0.3 is 8.25 Å². The highest BCUT2D eigenvalue weighted by Crippen LogP contribution is 2.18. The van der Waals surface area contributed by atoms with Crippen LogP contribution in [0.4, 0.5) is 0 Å².